The van der Waals surface area contributed by atoms with E-state index < -0.39 is 0 Å². The SMILES string of the molecule is CCCCCCCCO[C@@H]1C=C[C@H]2C3C=CC(C3)[C@@H]12.CCCO[C@@H]1C=C[C@H]2C3C=CC(C3)[C@@H]12.CCO[C@@H]1C=C[C@H]2C3C=CC(C3)[C@@H]12.CO[C@@H]1C=C[C@H]2C3C=CC(C3)[C@@H]12. The maximum atomic E-state index is 6.16. The van der Waals surface area contributed by atoms with Crippen molar-refractivity contribution < 1.29 is 18.9 Å². The van der Waals surface area contributed by atoms with Crippen LogP contribution in [-0.2, 0) is 18.9 Å². The molecule has 0 heterocycles. The highest BCUT2D eigenvalue weighted by Gasteiger charge is 2.52. The monoisotopic (exact) mass is 789 g/mol. The van der Waals surface area contributed by atoms with Crippen molar-refractivity contribution in [3.05, 3.63) is 97.2 Å². The first-order valence-corrected chi connectivity index (χ1v) is 24.4. The van der Waals surface area contributed by atoms with E-state index in [9.17, 15) is 0 Å². The largest absolute Gasteiger partial charge is 0.377 e. The third-order valence-electron chi connectivity index (χ3n) is 16.9. The van der Waals surface area contributed by atoms with Gasteiger partial charge in [0.05, 0.1) is 24.4 Å². The molecular weight excluding hydrogens is 713 g/mol. The number of ether oxygens (including phenoxy) is 4. The maximum Gasteiger partial charge on any atom is 0.0795 e. The molecule has 8 bridgehead atoms. The molecule has 0 N–H and O–H groups in total. The van der Waals surface area contributed by atoms with Gasteiger partial charge in [-0.2, -0.15) is 0 Å². The van der Waals surface area contributed by atoms with Crippen LogP contribution >= 0.6 is 0 Å². The average molecular weight is 789 g/mol. The minimum atomic E-state index is 0.398. The van der Waals surface area contributed by atoms with Crippen molar-refractivity contribution in [3.63, 3.8) is 0 Å². The van der Waals surface area contributed by atoms with E-state index in [0.717, 1.165) is 121 Å². The second-order valence-electron chi connectivity index (χ2n) is 20.0. The normalized spacial score (nSPS) is 46.4. The van der Waals surface area contributed by atoms with Crippen molar-refractivity contribution >= 4 is 0 Å². The van der Waals surface area contributed by atoms with Gasteiger partial charge in [0, 0.05) is 50.6 Å². The van der Waals surface area contributed by atoms with E-state index in [4.69, 9.17) is 18.9 Å². The molecule has 4 nitrogen and oxygen atoms in total. The van der Waals surface area contributed by atoms with Crippen LogP contribution in [0.3, 0.4) is 0 Å². The molecule has 0 aromatic heterocycles. The van der Waals surface area contributed by atoms with Crippen molar-refractivity contribution in [1.29, 1.82) is 0 Å². The van der Waals surface area contributed by atoms with Gasteiger partial charge in [-0.05, 0) is 116 Å². The minimum absolute atomic E-state index is 0.398. The van der Waals surface area contributed by atoms with Crippen molar-refractivity contribution in [2.45, 2.75) is 116 Å². The summed E-state index contributed by atoms with van der Waals surface area (Å²) in [6.07, 6.45) is 54.5. The van der Waals surface area contributed by atoms with Crippen molar-refractivity contribution in [1.82, 2.24) is 0 Å². The Labute approximate surface area is 352 Å². The minimum Gasteiger partial charge on any atom is -0.377 e. The van der Waals surface area contributed by atoms with Crippen LogP contribution in [-0.4, -0.2) is 51.3 Å². The summed E-state index contributed by atoms with van der Waals surface area (Å²) in [6, 6.07) is 0. The quantitative estimate of drug-likeness (QED) is 0.130. The van der Waals surface area contributed by atoms with E-state index in [-0.39, 0.29) is 0 Å². The molecule has 0 saturated heterocycles. The lowest BCUT2D eigenvalue weighted by Gasteiger charge is -2.26. The van der Waals surface area contributed by atoms with Gasteiger partial charge in [-0.3, -0.25) is 0 Å². The lowest BCUT2D eigenvalue weighted by Crippen LogP contribution is -2.27. The van der Waals surface area contributed by atoms with E-state index in [2.05, 4.69) is 118 Å². The topological polar surface area (TPSA) is 36.9 Å². The Kier molecular flexibility index (Phi) is 13.3. The Morgan fingerprint density at radius 3 is 1.12 bits per heavy atom. The summed E-state index contributed by atoms with van der Waals surface area (Å²) < 4.78 is 23.3. The number of hydrogen-bond donors (Lipinski definition) is 0. The summed E-state index contributed by atoms with van der Waals surface area (Å²) in [6.45, 7) is 9.26. The molecule has 316 valence electrons. The van der Waals surface area contributed by atoms with Crippen LogP contribution < -0.4 is 0 Å². The summed E-state index contributed by atoms with van der Waals surface area (Å²) in [5.41, 5.74) is 0. The zero-order valence-corrected chi connectivity index (χ0v) is 36.3. The van der Waals surface area contributed by atoms with Crippen LogP contribution in [0.1, 0.15) is 91.4 Å². The molecule has 0 radical (unpaired) electrons. The molecule has 0 amide bonds. The summed E-state index contributed by atoms with van der Waals surface area (Å²) in [4.78, 5) is 0. The molecular formula is C54H76O4. The maximum absolute atomic E-state index is 6.16. The molecule has 4 heteroatoms. The second-order valence-corrected chi connectivity index (χ2v) is 20.0. The van der Waals surface area contributed by atoms with Crippen molar-refractivity contribution in [2.75, 3.05) is 26.9 Å². The van der Waals surface area contributed by atoms with Gasteiger partial charge in [0.15, 0.2) is 0 Å². The van der Waals surface area contributed by atoms with Gasteiger partial charge in [0.2, 0.25) is 0 Å². The lowest BCUT2D eigenvalue weighted by atomic mass is 9.84. The van der Waals surface area contributed by atoms with Crippen LogP contribution in [0.4, 0.5) is 0 Å². The van der Waals surface area contributed by atoms with Gasteiger partial charge in [0.1, 0.15) is 0 Å². The number of hydrogen-bond acceptors (Lipinski definition) is 4. The number of methoxy groups -OCH3 is 1. The molecule has 0 aromatic rings. The molecule has 12 rings (SSSR count). The molecule has 0 aliphatic heterocycles. The zero-order chi connectivity index (χ0) is 39.6. The Bertz CT molecular complexity index is 1610. The summed E-state index contributed by atoms with van der Waals surface area (Å²) in [5.74, 6) is 12.8. The highest BCUT2D eigenvalue weighted by atomic mass is 16.5. The van der Waals surface area contributed by atoms with Crippen LogP contribution in [0.25, 0.3) is 0 Å². The van der Waals surface area contributed by atoms with E-state index in [1.54, 1.807) is 0 Å². The fraction of sp³-hybridized carbons (Fsp3) is 0.704. The Balaban J connectivity index is 0.000000102. The molecule has 58 heavy (non-hydrogen) atoms. The highest BCUT2D eigenvalue weighted by Crippen LogP contribution is 2.56. The standard InChI is InChI=1S/C18H28O.C13H18O.C12H16O.C11H14O/c1-2-3-4-5-6-7-12-19-17-11-10-16-14-8-9-15(13-14)18(16)17;1-2-7-14-12-6-5-11-9-3-4-10(8-9)13(11)12;1-2-13-11-6-5-10-8-3-4-9(7-8)12(10)11;1-12-10-5-4-9-7-2-3-8(6-7)11(9)10/h8-11,14-18H,2-7,12-13H2,1H3;3-6,9-13H,2,7-8H2,1H3;3-6,8-12H,2,7H2,1H3;2-5,7-11H,6H2,1H3/t14?,15?,16-,17+,18+;9?,10?,11-,12+,13+;8?,9?,10-,11+,12+;7?,8?,9-,10+,11+/m0000/s1. The number of allylic oxidation sites excluding steroid dienone is 12. The Hall–Kier alpha value is -2.24. The van der Waals surface area contributed by atoms with Gasteiger partial charge >= 0.3 is 0 Å². The summed E-state index contributed by atoms with van der Waals surface area (Å²) in [5, 5.41) is 0. The van der Waals surface area contributed by atoms with Crippen molar-refractivity contribution in [3.8, 4) is 0 Å². The van der Waals surface area contributed by atoms with Gasteiger partial charge in [-0.1, -0.05) is 143 Å². The highest BCUT2D eigenvalue weighted by molar-refractivity contribution is 5.28. The van der Waals surface area contributed by atoms with E-state index in [1.807, 2.05) is 7.11 Å². The number of rotatable bonds is 14. The molecule has 8 unspecified atom stereocenters. The van der Waals surface area contributed by atoms with Crippen molar-refractivity contribution in [2.24, 2.45) is 94.7 Å². The Morgan fingerprint density at radius 1 is 0.345 bits per heavy atom. The molecule has 0 aromatic carbocycles. The molecule has 12 aliphatic rings. The summed E-state index contributed by atoms with van der Waals surface area (Å²) in [7, 11) is 1.83. The molecule has 4 fully saturated rings. The molecule has 12 aliphatic carbocycles. The van der Waals surface area contributed by atoms with E-state index >= 15 is 0 Å². The average Bonchev–Trinajstić information content (AvgIpc) is 4.10. The van der Waals surface area contributed by atoms with Gasteiger partial charge in [0.25, 0.3) is 0 Å². The number of unbranched alkanes of at least 4 members (excludes halogenated alkanes) is 5. The molecule has 20 atom stereocenters. The fourth-order valence-electron chi connectivity index (χ4n) is 14.3. The second kappa shape index (κ2) is 18.8. The van der Waals surface area contributed by atoms with E-state index in [1.165, 1.54) is 64.2 Å². The third kappa shape index (κ3) is 8.12. The van der Waals surface area contributed by atoms with Gasteiger partial charge in [-0.25, -0.2) is 0 Å². The van der Waals surface area contributed by atoms with Crippen LogP contribution in [0.2, 0.25) is 0 Å². The predicted octanol–water partition coefficient (Wildman–Crippen LogP) is 11.9. The first-order valence-electron chi connectivity index (χ1n) is 24.4. The predicted molar refractivity (Wildman–Crippen MR) is 237 cm³/mol. The van der Waals surface area contributed by atoms with E-state index in [0.29, 0.717) is 24.4 Å². The van der Waals surface area contributed by atoms with Crippen LogP contribution in [0.5, 0.6) is 0 Å². The van der Waals surface area contributed by atoms with Gasteiger partial charge in [-0.15, -0.1) is 0 Å². The molecule has 0 spiro atoms. The first kappa shape index (κ1) is 41.1. The third-order valence-corrected chi connectivity index (χ3v) is 16.9. The lowest BCUT2D eigenvalue weighted by molar-refractivity contribution is 0.0331. The Morgan fingerprint density at radius 2 is 0.707 bits per heavy atom. The fourth-order valence-corrected chi connectivity index (χ4v) is 14.3. The van der Waals surface area contributed by atoms with Gasteiger partial charge < -0.3 is 18.9 Å². The van der Waals surface area contributed by atoms with Crippen LogP contribution in [0, 0.1) is 94.7 Å². The smallest absolute Gasteiger partial charge is 0.0795 e. The summed E-state index contributed by atoms with van der Waals surface area (Å²) >= 11 is 0. The first-order chi connectivity index (χ1) is 28.6. The zero-order valence-electron chi connectivity index (χ0n) is 36.3. The number of fused-ring (bicyclic) bond motifs is 20. The molecule has 4 saturated carbocycles. The van der Waals surface area contributed by atoms with Crippen LogP contribution in [0.15, 0.2) is 97.2 Å².